The van der Waals surface area contributed by atoms with Crippen LogP contribution in [-0.2, 0) is 9.53 Å². The Morgan fingerprint density at radius 2 is 1.54 bits per heavy atom. The van der Waals surface area contributed by atoms with Gasteiger partial charge in [-0.15, -0.1) is 0 Å². The van der Waals surface area contributed by atoms with Crippen LogP contribution in [0.4, 0.5) is 15.8 Å². The highest BCUT2D eigenvalue weighted by atomic mass is 19.1. The van der Waals surface area contributed by atoms with E-state index in [4.69, 9.17) is 0 Å². The second kappa shape index (κ2) is 15.9. The topological polar surface area (TPSA) is 87.7 Å². The smallest absolute Gasteiger partial charge is 0.340 e. The molecule has 8 heteroatoms. The highest BCUT2D eigenvalue weighted by Crippen LogP contribution is 2.23. The maximum atomic E-state index is 14.0. The van der Waals surface area contributed by atoms with Gasteiger partial charge in [0.05, 0.1) is 12.7 Å². The number of hydrogen-bond acceptors (Lipinski definition) is 5. The molecule has 0 saturated carbocycles. The van der Waals surface area contributed by atoms with Crippen molar-refractivity contribution in [2.45, 2.75) is 84.6 Å². The SMILES string of the molecule is CCCCCCCCCCNC(=O)CN(C(=O)c1cccc(Nc2ccc(F)c(C(=O)OC)c2)c1)C(C)(C)C. The van der Waals surface area contributed by atoms with Crippen molar-refractivity contribution in [3.05, 3.63) is 59.4 Å². The largest absolute Gasteiger partial charge is 0.465 e. The first-order chi connectivity index (χ1) is 18.6. The lowest BCUT2D eigenvalue weighted by atomic mass is 10.0. The number of ether oxygens (including phenoxy) is 1. The third-order valence-electron chi connectivity index (χ3n) is 6.48. The van der Waals surface area contributed by atoms with Crippen LogP contribution in [0.15, 0.2) is 42.5 Å². The Kier molecular flexibility index (Phi) is 12.9. The van der Waals surface area contributed by atoms with Crippen molar-refractivity contribution >= 4 is 29.2 Å². The first kappa shape index (κ1) is 31.8. The number of benzene rings is 2. The quantitative estimate of drug-likeness (QED) is 0.190. The van der Waals surface area contributed by atoms with Gasteiger partial charge in [-0.05, 0) is 63.6 Å². The molecule has 2 rings (SSSR count). The Hall–Kier alpha value is -3.42. The van der Waals surface area contributed by atoms with Crippen molar-refractivity contribution in [2.24, 2.45) is 0 Å². The number of amides is 2. The van der Waals surface area contributed by atoms with Gasteiger partial charge in [-0.25, -0.2) is 9.18 Å². The van der Waals surface area contributed by atoms with Crippen molar-refractivity contribution in [1.29, 1.82) is 0 Å². The third-order valence-corrected chi connectivity index (χ3v) is 6.48. The first-order valence-electron chi connectivity index (χ1n) is 13.9. The zero-order chi connectivity index (χ0) is 28.8. The van der Waals surface area contributed by atoms with Gasteiger partial charge < -0.3 is 20.3 Å². The summed E-state index contributed by atoms with van der Waals surface area (Å²) in [4.78, 5) is 39.6. The molecule has 0 spiro atoms. The molecule has 2 aromatic rings. The van der Waals surface area contributed by atoms with Crippen LogP contribution < -0.4 is 10.6 Å². The van der Waals surface area contributed by atoms with E-state index < -0.39 is 17.3 Å². The highest BCUT2D eigenvalue weighted by molar-refractivity contribution is 5.98. The summed E-state index contributed by atoms with van der Waals surface area (Å²) < 4.78 is 18.6. The number of carbonyl (C=O) groups is 3. The van der Waals surface area contributed by atoms with E-state index in [1.807, 2.05) is 20.8 Å². The van der Waals surface area contributed by atoms with Crippen LogP contribution in [0.3, 0.4) is 0 Å². The van der Waals surface area contributed by atoms with Crippen molar-refractivity contribution in [3.8, 4) is 0 Å². The van der Waals surface area contributed by atoms with Crippen LogP contribution in [0.1, 0.15) is 99.8 Å². The summed E-state index contributed by atoms with van der Waals surface area (Å²) in [6, 6.07) is 10.9. The van der Waals surface area contributed by atoms with Gasteiger partial charge in [0.15, 0.2) is 0 Å². The molecule has 0 saturated heterocycles. The molecule has 2 aromatic carbocycles. The predicted molar refractivity (Wildman–Crippen MR) is 154 cm³/mol. The van der Waals surface area contributed by atoms with E-state index in [-0.39, 0.29) is 23.9 Å². The van der Waals surface area contributed by atoms with Crippen LogP contribution in [0, 0.1) is 5.82 Å². The Morgan fingerprint density at radius 3 is 2.18 bits per heavy atom. The molecule has 2 N–H and O–H groups in total. The lowest BCUT2D eigenvalue weighted by molar-refractivity contribution is -0.122. The van der Waals surface area contributed by atoms with Gasteiger partial charge in [-0.2, -0.15) is 0 Å². The summed E-state index contributed by atoms with van der Waals surface area (Å²) in [6.07, 6.45) is 9.55. The monoisotopic (exact) mass is 541 g/mol. The Labute approximate surface area is 232 Å². The normalized spacial score (nSPS) is 11.1. The van der Waals surface area contributed by atoms with E-state index in [0.717, 1.165) is 12.8 Å². The molecule has 7 nitrogen and oxygen atoms in total. The van der Waals surface area contributed by atoms with Crippen molar-refractivity contribution in [2.75, 3.05) is 25.5 Å². The number of anilines is 2. The van der Waals surface area contributed by atoms with E-state index in [1.165, 1.54) is 63.8 Å². The summed E-state index contributed by atoms with van der Waals surface area (Å²) in [5.74, 6) is -1.92. The summed E-state index contributed by atoms with van der Waals surface area (Å²) in [7, 11) is 1.19. The van der Waals surface area contributed by atoms with E-state index in [0.29, 0.717) is 23.5 Å². The maximum Gasteiger partial charge on any atom is 0.340 e. The Balaban J connectivity index is 1.99. The molecule has 2 amide bonds. The molecule has 214 valence electrons. The Bertz CT molecular complexity index is 1100. The molecule has 0 atom stereocenters. The fourth-order valence-corrected chi connectivity index (χ4v) is 4.22. The van der Waals surface area contributed by atoms with Gasteiger partial charge in [0.25, 0.3) is 5.91 Å². The standard InChI is InChI=1S/C31H44FN3O4/c1-6-7-8-9-10-11-12-13-19-33-28(36)22-35(31(2,3)4)29(37)23-15-14-16-24(20-23)34-25-17-18-27(32)26(21-25)30(38)39-5/h14-18,20-21,34H,6-13,19,22H2,1-5H3,(H,33,36). The van der Waals surface area contributed by atoms with Crippen LogP contribution in [0.2, 0.25) is 0 Å². The molecular formula is C31H44FN3O4. The Morgan fingerprint density at radius 1 is 0.897 bits per heavy atom. The number of halogens is 1. The second-order valence-electron chi connectivity index (χ2n) is 10.8. The summed E-state index contributed by atoms with van der Waals surface area (Å²) in [5.41, 5.74) is 0.682. The molecular weight excluding hydrogens is 497 g/mol. The van der Waals surface area contributed by atoms with Gasteiger partial charge >= 0.3 is 5.97 Å². The molecule has 0 aliphatic carbocycles. The fourth-order valence-electron chi connectivity index (χ4n) is 4.22. The summed E-state index contributed by atoms with van der Waals surface area (Å²) in [5, 5.41) is 6.06. The average Bonchev–Trinajstić information content (AvgIpc) is 2.90. The van der Waals surface area contributed by atoms with Crippen LogP contribution in [0.5, 0.6) is 0 Å². The zero-order valence-electron chi connectivity index (χ0n) is 24.1. The third kappa shape index (κ3) is 10.7. The zero-order valence-corrected chi connectivity index (χ0v) is 24.1. The van der Waals surface area contributed by atoms with Crippen molar-refractivity contribution in [3.63, 3.8) is 0 Å². The molecule has 0 aromatic heterocycles. The summed E-state index contributed by atoms with van der Waals surface area (Å²) >= 11 is 0. The van der Waals surface area contributed by atoms with Gasteiger partial charge in [0.1, 0.15) is 12.4 Å². The number of nitrogens with zero attached hydrogens (tertiary/aromatic N) is 1. The van der Waals surface area contributed by atoms with Gasteiger partial charge in [0, 0.05) is 29.0 Å². The molecule has 0 heterocycles. The minimum absolute atomic E-state index is 0.0442. The number of methoxy groups -OCH3 is 1. The summed E-state index contributed by atoms with van der Waals surface area (Å²) in [6.45, 7) is 8.45. The van der Waals surface area contributed by atoms with E-state index in [2.05, 4.69) is 22.3 Å². The molecule has 0 radical (unpaired) electrons. The van der Waals surface area contributed by atoms with Gasteiger partial charge in [-0.3, -0.25) is 9.59 Å². The van der Waals surface area contributed by atoms with Gasteiger partial charge in [-0.1, -0.05) is 57.9 Å². The number of hydrogen-bond donors (Lipinski definition) is 2. The second-order valence-corrected chi connectivity index (χ2v) is 10.8. The van der Waals surface area contributed by atoms with Crippen LogP contribution >= 0.6 is 0 Å². The molecule has 0 aliphatic rings. The number of unbranched alkanes of at least 4 members (excludes halogenated alkanes) is 7. The van der Waals surface area contributed by atoms with E-state index in [1.54, 1.807) is 29.2 Å². The minimum atomic E-state index is -0.776. The average molecular weight is 542 g/mol. The maximum absolute atomic E-state index is 14.0. The molecule has 0 aliphatic heterocycles. The number of esters is 1. The van der Waals surface area contributed by atoms with Crippen molar-refractivity contribution in [1.82, 2.24) is 10.2 Å². The number of carbonyl (C=O) groups excluding carboxylic acids is 3. The predicted octanol–water partition coefficient (Wildman–Crippen LogP) is 6.85. The highest BCUT2D eigenvalue weighted by Gasteiger charge is 2.29. The first-order valence-corrected chi connectivity index (χ1v) is 13.9. The van der Waals surface area contributed by atoms with Crippen LogP contribution in [0.25, 0.3) is 0 Å². The van der Waals surface area contributed by atoms with E-state index >= 15 is 0 Å². The van der Waals surface area contributed by atoms with Crippen LogP contribution in [-0.4, -0.2) is 48.4 Å². The molecule has 0 bridgehead atoms. The van der Waals surface area contributed by atoms with E-state index in [9.17, 15) is 18.8 Å². The lowest BCUT2D eigenvalue weighted by Gasteiger charge is -2.35. The molecule has 0 fully saturated rings. The number of rotatable bonds is 15. The lowest BCUT2D eigenvalue weighted by Crippen LogP contribution is -2.50. The van der Waals surface area contributed by atoms with Crippen molar-refractivity contribution < 1.29 is 23.5 Å². The molecule has 0 unspecified atom stereocenters. The minimum Gasteiger partial charge on any atom is -0.465 e. The molecule has 39 heavy (non-hydrogen) atoms. The fraction of sp³-hybridized carbons (Fsp3) is 0.516. The number of nitrogens with one attached hydrogen (secondary N) is 2. The van der Waals surface area contributed by atoms with Gasteiger partial charge in [0.2, 0.25) is 5.91 Å².